The molecule has 5 nitrogen and oxygen atoms in total. The van der Waals surface area contributed by atoms with Gasteiger partial charge in [-0.05, 0) is 36.2 Å². The van der Waals surface area contributed by atoms with Crippen LogP contribution in [0, 0.1) is 0 Å². The summed E-state index contributed by atoms with van der Waals surface area (Å²) in [7, 11) is 1.81. The van der Waals surface area contributed by atoms with Gasteiger partial charge in [0, 0.05) is 7.05 Å². The summed E-state index contributed by atoms with van der Waals surface area (Å²) in [6, 6.07) is 14.5. The Kier molecular flexibility index (Phi) is 4.48. The topological polar surface area (TPSA) is 59.0 Å². The highest BCUT2D eigenvalue weighted by atomic mass is 16.5. The highest BCUT2D eigenvalue weighted by Gasteiger charge is 2.25. The summed E-state index contributed by atoms with van der Waals surface area (Å²) in [5, 5.41) is 9.72. The number of rotatable bonds is 4. The van der Waals surface area contributed by atoms with Gasteiger partial charge in [-0.25, -0.2) is 0 Å². The van der Waals surface area contributed by atoms with Gasteiger partial charge in [0.05, 0.1) is 12.6 Å². The van der Waals surface area contributed by atoms with Crippen molar-refractivity contribution >= 4 is 5.91 Å². The Labute approximate surface area is 135 Å². The molecular weight excluding hydrogens is 294 g/mol. The maximum absolute atomic E-state index is 11.6. The van der Waals surface area contributed by atoms with E-state index in [-0.39, 0.29) is 24.3 Å². The first-order valence-corrected chi connectivity index (χ1v) is 7.51. The Bertz CT molecular complexity index is 684. The van der Waals surface area contributed by atoms with Crippen molar-refractivity contribution in [3.8, 4) is 17.2 Å². The first kappa shape index (κ1) is 15.4. The number of hydrogen-bond acceptors (Lipinski definition) is 4. The second kappa shape index (κ2) is 6.71. The maximum Gasteiger partial charge on any atom is 0.248 e. The molecule has 0 saturated carbocycles. The molecule has 0 aliphatic carbocycles. The number of hydrogen-bond donors (Lipinski definition) is 1. The Morgan fingerprint density at radius 1 is 1.22 bits per heavy atom. The van der Waals surface area contributed by atoms with Crippen LogP contribution in [0.3, 0.4) is 0 Å². The van der Waals surface area contributed by atoms with E-state index in [4.69, 9.17) is 9.47 Å². The number of benzene rings is 2. The van der Waals surface area contributed by atoms with Crippen molar-refractivity contribution in [1.82, 2.24) is 4.90 Å². The molecule has 3 rings (SSSR count). The van der Waals surface area contributed by atoms with Gasteiger partial charge < -0.3 is 19.5 Å². The van der Waals surface area contributed by atoms with Crippen LogP contribution in [0.1, 0.15) is 5.56 Å². The van der Waals surface area contributed by atoms with Gasteiger partial charge in [-0.1, -0.05) is 24.3 Å². The number of likely N-dealkylation sites (N-methyl/N-ethyl adjacent to an activating group) is 1. The minimum Gasteiger partial charge on any atom is -0.504 e. The lowest BCUT2D eigenvalue weighted by atomic mass is 10.0. The molecule has 0 aromatic heterocycles. The smallest absolute Gasteiger partial charge is 0.248 e. The molecule has 1 atom stereocenters. The third-order valence-corrected chi connectivity index (χ3v) is 3.96. The Balaban J connectivity index is 1.65. The summed E-state index contributed by atoms with van der Waals surface area (Å²) >= 11 is 0. The van der Waals surface area contributed by atoms with Gasteiger partial charge in [0.1, 0.15) is 12.4 Å². The average Bonchev–Trinajstić information content (AvgIpc) is 2.56. The number of carbonyl (C=O) groups is 1. The number of carbonyl (C=O) groups excluding carboxylic acids is 1. The lowest BCUT2D eigenvalue weighted by Gasteiger charge is -2.32. The fraction of sp³-hybridized carbons (Fsp3) is 0.278. The molecule has 2 aromatic rings. The van der Waals surface area contributed by atoms with Crippen LogP contribution in [-0.2, 0) is 16.0 Å². The van der Waals surface area contributed by atoms with Crippen molar-refractivity contribution in [3.63, 3.8) is 0 Å². The van der Waals surface area contributed by atoms with Gasteiger partial charge in [-0.15, -0.1) is 0 Å². The SMILES string of the molecule is CN1C(=O)COCC1Cc1ccc(Oc2ccccc2O)cc1. The molecule has 2 aromatic carbocycles. The minimum absolute atomic E-state index is 0.0146. The van der Waals surface area contributed by atoms with Crippen molar-refractivity contribution in [2.75, 3.05) is 20.3 Å². The van der Waals surface area contributed by atoms with Crippen molar-refractivity contribution in [2.45, 2.75) is 12.5 Å². The summed E-state index contributed by atoms with van der Waals surface area (Å²) in [5.41, 5.74) is 1.10. The number of morpholine rings is 1. The quantitative estimate of drug-likeness (QED) is 0.942. The molecule has 0 spiro atoms. The van der Waals surface area contributed by atoms with E-state index in [2.05, 4.69) is 0 Å². The molecule has 1 N–H and O–H groups in total. The number of phenolic OH excluding ortho intramolecular Hbond substituents is 1. The molecule has 0 radical (unpaired) electrons. The number of ether oxygens (including phenoxy) is 2. The second-order valence-corrected chi connectivity index (χ2v) is 5.59. The zero-order valence-corrected chi connectivity index (χ0v) is 12.9. The van der Waals surface area contributed by atoms with E-state index >= 15 is 0 Å². The molecule has 23 heavy (non-hydrogen) atoms. The fourth-order valence-electron chi connectivity index (χ4n) is 2.53. The number of amides is 1. The molecular formula is C18H19NO4. The van der Waals surface area contributed by atoms with Crippen LogP contribution >= 0.6 is 0 Å². The monoisotopic (exact) mass is 313 g/mol. The van der Waals surface area contributed by atoms with E-state index in [1.165, 1.54) is 0 Å². The van der Waals surface area contributed by atoms with E-state index in [1.807, 2.05) is 31.3 Å². The molecule has 1 heterocycles. The predicted molar refractivity (Wildman–Crippen MR) is 85.7 cm³/mol. The standard InChI is InChI=1S/C18H19NO4/c1-19-14(11-22-12-18(19)21)10-13-6-8-15(9-7-13)23-17-5-3-2-4-16(17)20/h2-9,14,20H,10-12H2,1H3. The van der Waals surface area contributed by atoms with Crippen molar-refractivity contribution < 1.29 is 19.4 Å². The van der Waals surface area contributed by atoms with Crippen molar-refractivity contribution in [1.29, 1.82) is 0 Å². The molecule has 1 amide bonds. The fourth-order valence-corrected chi connectivity index (χ4v) is 2.53. The lowest BCUT2D eigenvalue weighted by molar-refractivity contribution is -0.145. The molecule has 1 fully saturated rings. The molecule has 1 aliphatic heterocycles. The minimum atomic E-state index is 0.0146. The number of phenols is 1. The van der Waals surface area contributed by atoms with Crippen molar-refractivity contribution in [3.05, 3.63) is 54.1 Å². The molecule has 1 aliphatic rings. The van der Waals surface area contributed by atoms with E-state index in [0.29, 0.717) is 18.1 Å². The molecule has 1 saturated heterocycles. The van der Waals surface area contributed by atoms with E-state index in [1.54, 1.807) is 29.2 Å². The summed E-state index contributed by atoms with van der Waals surface area (Å²) < 4.78 is 11.0. The zero-order valence-electron chi connectivity index (χ0n) is 12.9. The largest absolute Gasteiger partial charge is 0.504 e. The van der Waals surface area contributed by atoms with Crippen LogP contribution in [0.25, 0.3) is 0 Å². The molecule has 5 heteroatoms. The molecule has 1 unspecified atom stereocenters. The Morgan fingerprint density at radius 2 is 1.96 bits per heavy atom. The maximum atomic E-state index is 11.6. The van der Waals surface area contributed by atoms with Gasteiger partial charge in [-0.3, -0.25) is 4.79 Å². The van der Waals surface area contributed by atoms with Crippen LogP contribution in [-0.4, -0.2) is 42.2 Å². The third-order valence-electron chi connectivity index (χ3n) is 3.96. The van der Waals surface area contributed by atoms with Gasteiger partial charge in [0.2, 0.25) is 5.91 Å². The summed E-state index contributed by atoms with van der Waals surface area (Å²) in [6.07, 6.45) is 0.735. The van der Waals surface area contributed by atoms with Crippen LogP contribution in [0.2, 0.25) is 0 Å². The number of aromatic hydroxyl groups is 1. The summed E-state index contributed by atoms with van der Waals surface area (Å²) in [6.45, 7) is 0.721. The zero-order chi connectivity index (χ0) is 16.2. The Hall–Kier alpha value is -2.53. The van der Waals surface area contributed by atoms with Crippen LogP contribution < -0.4 is 4.74 Å². The normalized spacial score (nSPS) is 18.0. The van der Waals surface area contributed by atoms with Gasteiger partial charge >= 0.3 is 0 Å². The van der Waals surface area contributed by atoms with Crippen molar-refractivity contribution in [2.24, 2.45) is 0 Å². The summed E-state index contributed by atoms with van der Waals surface area (Å²) in [4.78, 5) is 13.4. The molecule has 120 valence electrons. The van der Waals surface area contributed by atoms with Crippen LogP contribution in [0.4, 0.5) is 0 Å². The van der Waals surface area contributed by atoms with Gasteiger partial charge in [-0.2, -0.15) is 0 Å². The summed E-state index contributed by atoms with van der Waals surface area (Å²) in [5.74, 6) is 1.20. The van der Waals surface area contributed by atoms with E-state index < -0.39 is 0 Å². The highest BCUT2D eigenvalue weighted by molar-refractivity contribution is 5.78. The first-order chi connectivity index (χ1) is 11.1. The van der Waals surface area contributed by atoms with E-state index in [9.17, 15) is 9.90 Å². The van der Waals surface area contributed by atoms with Gasteiger partial charge in [0.25, 0.3) is 0 Å². The van der Waals surface area contributed by atoms with Crippen LogP contribution in [0.5, 0.6) is 17.2 Å². The number of para-hydroxylation sites is 2. The lowest BCUT2D eigenvalue weighted by Crippen LogP contribution is -2.47. The second-order valence-electron chi connectivity index (χ2n) is 5.59. The van der Waals surface area contributed by atoms with Gasteiger partial charge in [0.15, 0.2) is 11.5 Å². The Morgan fingerprint density at radius 3 is 2.70 bits per heavy atom. The predicted octanol–water partition coefficient (Wildman–Crippen LogP) is 2.58. The highest BCUT2D eigenvalue weighted by Crippen LogP contribution is 2.30. The average molecular weight is 313 g/mol. The number of nitrogens with zero attached hydrogens (tertiary/aromatic N) is 1. The third kappa shape index (κ3) is 3.63. The van der Waals surface area contributed by atoms with E-state index in [0.717, 1.165) is 12.0 Å². The van der Waals surface area contributed by atoms with Crippen LogP contribution in [0.15, 0.2) is 48.5 Å². The molecule has 0 bridgehead atoms. The first-order valence-electron chi connectivity index (χ1n) is 7.51.